The van der Waals surface area contributed by atoms with E-state index in [9.17, 15) is 26.3 Å². The second kappa shape index (κ2) is 12.1. The Morgan fingerprint density at radius 2 is 1.66 bits per heavy atom. The smallest absolute Gasteiger partial charge is 0.475 e. The standard InChI is InChI=1S/C17H26N2O2.2C2HF3O2/c1-18(11-14-4-2-8-20-14)16-12-19(10-13-6-7-13)15-5-3-9-21-17(15)16;2*3-2(4,5)1(6)7/h2,4,8,13,15-17H,3,5-7,9-12H2,1H3;2*(H,6,7)/t15-,16-,17+;;/m1../s1. The molecule has 2 N–H and O–H groups in total. The van der Waals surface area contributed by atoms with E-state index in [4.69, 9.17) is 29.0 Å². The molecule has 1 saturated carbocycles. The van der Waals surface area contributed by atoms with Crippen molar-refractivity contribution >= 4 is 11.9 Å². The van der Waals surface area contributed by atoms with Crippen LogP contribution < -0.4 is 0 Å². The van der Waals surface area contributed by atoms with Gasteiger partial charge in [-0.05, 0) is 50.8 Å². The second-order valence-corrected chi connectivity index (χ2v) is 8.61. The fourth-order valence-corrected chi connectivity index (χ4v) is 4.02. The number of likely N-dealkylation sites (tertiary alicyclic amines) is 1. The van der Waals surface area contributed by atoms with E-state index in [1.165, 1.54) is 32.2 Å². The Morgan fingerprint density at radius 3 is 2.11 bits per heavy atom. The zero-order valence-electron chi connectivity index (χ0n) is 18.9. The monoisotopic (exact) mass is 518 g/mol. The van der Waals surface area contributed by atoms with Gasteiger partial charge in [0, 0.05) is 25.7 Å². The molecular formula is C21H28F6N2O6. The molecule has 3 aliphatic rings. The van der Waals surface area contributed by atoms with Crippen molar-refractivity contribution in [3.05, 3.63) is 24.2 Å². The molecular weight excluding hydrogens is 490 g/mol. The van der Waals surface area contributed by atoms with Crippen molar-refractivity contribution in [1.82, 2.24) is 9.80 Å². The van der Waals surface area contributed by atoms with Gasteiger partial charge in [0.2, 0.25) is 0 Å². The van der Waals surface area contributed by atoms with E-state index in [1.54, 1.807) is 6.26 Å². The molecule has 14 heteroatoms. The van der Waals surface area contributed by atoms with Crippen LogP contribution in [0.3, 0.4) is 0 Å². The third-order valence-corrected chi connectivity index (χ3v) is 5.83. The van der Waals surface area contributed by atoms with Crippen molar-refractivity contribution in [3.8, 4) is 0 Å². The lowest BCUT2D eigenvalue weighted by atomic mass is 10.00. The van der Waals surface area contributed by atoms with E-state index >= 15 is 0 Å². The van der Waals surface area contributed by atoms with Crippen LogP contribution in [0.15, 0.2) is 22.8 Å². The number of rotatable bonds is 5. The summed E-state index contributed by atoms with van der Waals surface area (Å²) in [6, 6.07) is 5.17. The van der Waals surface area contributed by atoms with Crippen molar-refractivity contribution in [3.63, 3.8) is 0 Å². The predicted molar refractivity (Wildman–Crippen MR) is 108 cm³/mol. The number of fused-ring (bicyclic) bond motifs is 1. The first-order valence-corrected chi connectivity index (χ1v) is 10.9. The Hall–Kier alpha value is -2.32. The summed E-state index contributed by atoms with van der Waals surface area (Å²) in [5.74, 6) is -3.51. The topological polar surface area (TPSA) is 103 Å². The van der Waals surface area contributed by atoms with Gasteiger partial charge in [-0.1, -0.05) is 0 Å². The highest BCUT2D eigenvalue weighted by Crippen LogP contribution is 2.37. The minimum Gasteiger partial charge on any atom is -0.475 e. The van der Waals surface area contributed by atoms with Crippen LogP contribution >= 0.6 is 0 Å². The molecule has 3 fully saturated rings. The molecule has 2 aliphatic heterocycles. The number of carbonyl (C=O) groups is 2. The predicted octanol–water partition coefficient (Wildman–Crippen LogP) is 3.62. The van der Waals surface area contributed by atoms with E-state index in [1.807, 2.05) is 6.07 Å². The molecule has 0 spiro atoms. The number of carboxylic acid groups (broad SMARTS) is 2. The summed E-state index contributed by atoms with van der Waals surface area (Å²) in [6.45, 7) is 4.25. The molecule has 3 atom stereocenters. The maximum Gasteiger partial charge on any atom is 0.490 e. The number of furan rings is 1. The largest absolute Gasteiger partial charge is 0.490 e. The maximum atomic E-state index is 10.6. The molecule has 35 heavy (non-hydrogen) atoms. The van der Waals surface area contributed by atoms with Crippen LogP contribution in [0.25, 0.3) is 0 Å². The first-order chi connectivity index (χ1) is 16.2. The van der Waals surface area contributed by atoms with E-state index in [2.05, 4.69) is 22.9 Å². The fraction of sp³-hybridized carbons (Fsp3) is 0.714. The Balaban J connectivity index is 0.000000257. The van der Waals surface area contributed by atoms with Gasteiger partial charge in [-0.2, -0.15) is 26.3 Å². The minimum atomic E-state index is -5.08. The number of likely N-dealkylation sites (N-methyl/N-ethyl adjacent to an activating group) is 1. The lowest BCUT2D eigenvalue weighted by Gasteiger charge is -2.34. The molecule has 0 aromatic carbocycles. The van der Waals surface area contributed by atoms with Crippen LogP contribution in [0, 0.1) is 5.92 Å². The number of halogens is 6. The van der Waals surface area contributed by atoms with E-state index < -0.39 is 24.3 Å². The van der Waals surface area contributed by atoms with E-state index in [-0.39, 0.29) is 0 Å². The second-order valence-electron chi connectivity index (χ2n) is 8.61. The SMILES string of the molecule is CN(Cc1ccco1)[C@@H]1CN(CC2CC2)[C@@H]2CCCO[C@H]12.O=C(O)C(F)(F)F.O=C(O)C(F)(F)F. The highest BCUT2D eigenvalue weighted by Gasteiger charge is 2.46. The summed E-state index contributed by atoms with van der Waals surface area (Å²) in [5.41, 5.74) is 0. The lowest BCUT2D eigenvalue weighted by Crippen LogP contribution is -2.46. The van der Waals surface area contributed by atoms with E-state index in [0.717, 1.165) is 31.4 Å². The van der Waals surface area contributed by atoms with Crippen LogP contribution in [0.4, 0.5) is 26.3 Å². The van der Waals surface area contributed by atoms with Gasteiger partial charge in [-0.3, -0.25) is 9.80 Å². The van der Waals surface area contributed by atoms with Crippen LogP contribution in [-0.2, 0) is 20.9 Å². The van der Waals surface area contributed by atoms with Gasteiger partial charge >= 0.3 is 24.3 Å². The molecule has 4 rings (SSSR count). The average Bonchev–Trinajstić information content (AvgIpc) is 3.28. The van der Waals surface area contributed by atoms with Gasteiger partial charge in [0.1, 0.15) is 5.76 Å². The van der Waals surface area contributed by atoms with Crippen molar-refractivity contribution in [2.45, 2.75) is 62.8 Å². The van der Waals surface area contributed by atoms with Crippen LogP contribution in [0.2, 0.25) is 0 Å². The third kappa shape index (κ3) is 9.33. The Morgan fingerprint density at radius 1 is 1.09 bits per heavy atom. The zero-order valence-corrected chi connectivity index (χ0v) is 18.9. The van der Waals surface area contributed by atoms with Gasteiger partial charge in [-0.25, -0.2) is 9.59 Å². The summed E-state index contributed by atoms with van der Waals surface area (Å²) >= 11 is 0. The van der Waals surface area contributed by atoms with Crippen LogP contribution in [0.1, 0.15) is 31.4 Å². The van der Waals surface area contributed by atoms with Crippen molar-refractivity contribution in [1.29, 1.82) is 0 Å². The molecule has 8 nitrogen and oxygen atoms in total. The van der Waals surface area contributed by atoms with Gasteiger partial charge in [0.15, 0.2) is 0 Å². The van der Waals surface area contributed by atoms with Gasteiger partial charge < -0.3 is 19.4 Å². The lowest BCUT2D eigenvalue weighted by molar-refractivity contribution is -0.193. The Labute approximate surface area is 197 Å². The molecule has 0 unspecified atom stereocenters. The summed E-state index contributed by atoms with van der Waals surface area (Å²) < 4.78 is 75.2. The van der Waals surface area contributed by atoms with Crippen LogP contribution in [-0.4, -0.2) is 89.2 Å². The molecule has 0 amide bonds. The normalized spacial score (nSPS) is 24.6. The van der Waals surface area contributed by atoms with Crippen molar-refractivity contribution in [2.24, 2.45) is 5.92 Å². The molecule has 1 aliphatic carbocycles. The summed E-state index contributed by atoms with van der Waals surface area (Å²) in [4.78, 5) is 22.9. The van der Waals surface area contributed by atoms with Gasteiger partial charge in [0.05, 0.1) is 25.0 Å². The van der Waals surface area contributed by atoms with Crippen molar-refractivity contribution < 1.29 is 55.3 Å². The maximum absolute atomic E-state index is 10.6. The third-order valence-electron chi connectivity index (χ3n) is 5.83. The molecule has 0 radical (unpaired) electrons. The number of ether oxygens (including phenoxy) is 1. The molecule has 1 aromatic rings. The quantitative estimate of drug-likeness (QED) is 0.570. The fourth-order valence-electron chi connectivity index (χ4n) is 4.02. The number of nitrogens with zero attached hydrogens (tertiary/aromatic N) is 2. The number of carboxylic acids is 2. The molecule has 200 valence electrons. The first-order valence-electron chi connectivity index (χ1n) is 10.9. The Kier molecular flexibility index (Phi) is 9.98. The van der Waals surface area contributed by atoms with Crippen molar-refractivity contribution in [2.75, 3.05) is 26.7 Å². The number of alkyl halides is 6. The molecule has 1 aromatic heterocycles. The summed E-state index contributed by atoms with van der Waals surface area (Å²) in [6.07, 6.45) is -2.63. The Bertz CT molecular complexity index is 788. The van der Waals surface area contributed by atoms with Crippen LogP contribution in [0.5, 0.6) is 0 Å². The molecule has 2 saturated heterocycles. The van der Waals surface area contributed by atoms with Gasteiger partial charge in [-0.15, -0.1) is 0 Å². The average molecular weight is 518 g/mol. The molecule has 0 bridgehead atoms. The summed E-state index contributed by atoms with van der Waals surface area (Å²) in [5, 5.41) is 14.2. The number of aliphatic carboxylic acids is 2. The number of hydrogen-bond donors (Lipinski definition) is 2. The zero-order chi connectivity index (χ0) is 26.4. The highest BCUT2D eigenvalue weighted by atomic mass is 19.4. The summed E-state index contributed by atoms with van der Waals surface area (Å²) in [7, 11) is 2.21. The van der Waals surface area contributed by atoms with Gasteiger partial charge in [0.25, 0.3) is 0 Å². The first kappa shape index (κ1) is 28.9. The minimum absolute atomic E-state index is 0.387. The molecule has 3 heterocycles. The number of hydrogen-bond acceptors (Lipinski definition) is 6. The highest BCUT2D eigenvalue weighted by molar-refractivity contribution is 5.73. The van der Waals surface area contributed by atoms with E-state index in [0.29, 0.717) is 18.2 Å².